The Kier molecular flexibility index (Phi) is 1.17. The van der Waals surface area contributed by atoms with Gasteiger partial charge >= 0.3 is 0 Å². The lowest BCUT2D eigenvalue weighted by Crippen LogP contribution is -1.74. The average molecular weight is 200 g/mol. The van der Waals surface area contributed by atoms with Crippen LogP contribution in [0.2, 0.25) is 0 Å². The van der Waals surface area contributed by atoms with Gasteiger partial charge in [-0.1, -0.05) is 0 Å². The van der Waals surface area contributed by atoms with Gasteiger partial charge in [-0.3, -0.25) is 0 Å². The summed E-state index contributed by atoms with van der Waals surface area (Å²) in [4.78, 5) is 12.0. The van der Waals surface area contributed by atoms with E-state index in [9.17, 15) is 0 Å². The highest BCUT2D eigenvalue weighted by Crippen LogP contribution is 2.14. The molecular formula is C5H2BrN3O. The van der Waals surface area contributed by atoms with Crippen molar-refractivity contribution >= 4 is 27.2 Å². The summed E-state index contributed by atoms with van der Waals surface area (Å²) in [6.45, 7) is 0. The van der Waals surface area contributed by atoms with Gasteiger partial charge in [-0.15, -0.1) is 0 Å². The van der Waals surface area contributed by atoms with E-state index in [0.717, 1.165) is 0 Å². The molecule has 2 rings (SSSR count). The Labute approximate surface area is 64.4 Å². The van der Waals surface area contributed by atoms with Crippen LogP contribution in [0.1, 0.15) is 0 Å². The first-order valence-corrected chi connectivity index (χ1v) is 3.37. The van der Waals surface area contributed by atoms with Gasteiger partial charge in [0.05, 0.1) is 6.20 Å². The fourth-order valence-corrected chi connectivity index (χ4v) is 1.01. The summed E-state index contributed by atoms with van der Waals surface area (Å²) < 4.78 is 5.02. The zero-order valence-corrected chi connectivity index (χ0v) is 6.37. The first kappa shape index (κ1) is 5.79. The molecule has 5 heteroatoms. The number of halogens is 1. The van der Waals surface area contributed by atoms with E-state index in [4.69, 9.17) is 4.42 Å². The Morgan fingerprint density at radius 3 is 3.20 bits per heavy atom. The zero-order chi connectivity index (χ0) is 6.97. The van der Waals surface area contributed by atoms with E-state index in [1.165, 1.54) is 6.33 Å². The van der Waals surface area contributed by atoms with Crippen LogP contribution in [0.3, 0.4) is 0 Å². The van der Waals surface area contributed by atoms with Crippen molar-refractivity contribution in [2.45, 2.75) is 0 Å². The van der Waals surface area contributed by atoms with E-state index in [1.807, 2.05) is 0 Å². The molecule has 4 nitrogen and oxygen atoms in total. The fraction of sp³-hybridized carbons (Fsp3) is 0. The normalized spacial score (nSPS) is 10.5. The number of fused-ring (bicyclic) bond motifs is 1. The van der Waals surface area contributed by atoms with E-state index in [0.29, 0.717) is 16.0 Å². The molecule has 50 valence electrons. The van der Waals surface area contributed by atoms with Crippen molar-refractivity contribution in [3.63, 3.8) is 0 Å². The molecule has 0 bridgehead atoms. The molecule has 0 aromatic carbocycles. The second-order valence-corrected chi connectivity index (χ2v) is 2.36. The molecular weight excluding hydrogens is 198 g/mol. The molecule has 0 spiro atoms. The third kappa shape index (κ3) is 0.786. The molecule has 0 unspecified atom stereocenters. The van der Waals surface area contributed by atoms with Gasteiger partial charge in [-0.25, -0.2) is 4.98 Å². The minimum Gasteiger partial charge on any atom is -0.412 e. The Morgan fingerprint density at radius 2 is 2.40 bits per heavy atom. The maximum Gasteiger partial charge on any atom is 0.266 e. The number of nitrogens with zero attached hydrogens (tertiary/aromatic N) is 3. The quantitative estimate of drug-likeness (QED) is 0.644. The first-order valence-electron chi connectivity index (χ1n) is 2.58. The van der Waals surface area contributed by atoms with Crippen LogP contribution in [0.25, 0.3) is 11.2 Å². The van der Waals surface area contributed by atoms with Crippen molar-refractivity contribution in [3.8, 4) is 0 Å². The highest BCUT2D eigenvalue weighted by Gasteiger charge is 2.01. The average Bonchev–Trinajstić information content (AvgIpc) is 2.27. The van der Waals surface area contributed by atoms with Gasteiger partial charge in [-0.2, -0.15) is 9.97 Å². The van der Waals surface area contributed by atoms with Crippen molar-refractivity contribution in [2.75, 3.05) is 0 Å². The van der Waals surface area contributed by atoms with Gasteiger partial charge in [0.15, 0.2) is 0 Å². The largest absolute Gasteiger partial charge is 0.412 e. The summed E-state index contributed by atoms with van der Waals surface area (Å²) in [5, 5.41) is 0. The van der Waals surface area contributed by atoms with E-state index < -0.39 is 0 Å². The minimum absolute atomic E-state index is 0.433. The van der Waals surface area contributed by atoms with Crippen molar-refractivity contribution in [1.82, 2.24) is 15.0 Å². The topological polar surface area (TPSA) is 51.8 Å². The lowest BCUT2D eigenvalue weighted by molar-refractivity contribution is 0.559. The summed E-state index contributed by atoms with van der Waals surface area (Å²) in [5.41, 5.74) is 1.16. The van der Waals surface area contributed by atoms with Gasteiger partial charge in [-0.05, 0) is 0 Å². The van der Waals surface area contributed by atoms with Gasteiger partial charge < -0.3 is 4.42 Å². The smallest absolute Gasteiger partial charge is 0.266 e. The van der Waals surface area contributed by atoms with Gasteiger partial charge in [0, 0.05) is 15.9 Å². The van der Waals surface area contributed by atoms with Crippen molar-refractivity contribution in [2.24, 2.45) is 0 Å². The fourth-order valence-electron chi connectivity index (χ4n) is 0.664. The van der Waals surface area contributed by atoms with Crippen LogP contribution >= 0.6 is 15.9 Å². The predicted octanol–water partition coefficient (Wildman–Crippen LogP) is 1.38. The molecule has 0 saturated carbocycles. The molecule has 2 heterocycles. The summed E-state index contributed by atoms with van der Waals surface area (Å²) in [6.07, 6.45) is 3.01. The molecule has 2 aromatic rings. The molecule has 0 aliphatic heterocycles. The summed E-state index contributed by atoms with van der Waals surface area (Å²) in [7, 11) is 0. The lowest BCUT2D eigenvalue weighted by Gasteiger charge is -1.78. The highest BCUT2D eigenvalue weighted by molar-refractivity contribution is 9.10. The second kappa shape index (κ2) is 2.02. The number of hydrogen-bond acceptors (Lipinski definition) is 4. The highest BCUT2D eigenvalue weighted by atomic mass is 79.9. The van der Waals surface area contributed by atoms with Crippen LogP contribution < -0.4 is 0 Å². The Balaban J connectivity index is 2.88. The SMILES string of the molecule is Brc1nc2cncnc2o1. The van der Waals surface area contributed by atoms with Crippen molar-refractivity contribution < 1.29 is 4.42 Å². The molecule has 0 N–H and O–H groups in total. The summed E-state index contributed by atoms with van der Waals surface area (Å²) >= 11 is 3.08. The third-order valence-electron chi connectivity index (χ3n) is 1.05. The maximum atomic E-state index is 5.02. The Hall–Kier alpha value is -0.970. The Bertz CT molecular complexity index is 325. The molecule has 0 atom stereocenters. The second-order valence-electron chi connectivity index (χ2n) is 1.68. The molecule has 0 aliphatic rings. The molecule has 0 amide bonds. The van der Waals surface area contributed by atoms with E-state index in [2.05, 4.69) is 30.9 Å². The monoisotopic (exact) mass is 199 g/mol. The molecule has 10 heavy (non-hydrogen) atoms. The van der Waals surface area contributed by atoms with E-state index >= 15 is 0 Å². The molecule has 2 aromatic heterocycles. The van der Waals surface area contributed by atoms with Gasteiger partial charge in [0.1, 0.15) is 11.8 Å². The molecule has 0 aliphatic carbocycles. The van der Waals surface area contributed by atoms with Crippen LogP contribution in [0, 0.1) is 0 Å². The Morgan fingerprint density at radius 1 is 1.50 bits per heavy atom. The number of oxazole rings is 1. The van der Waals surface area contributed by atoms with Crippen LogP contribution in [-0.2, 0) is 0 Å². The standard InChI is InChI=1S/C5H2BrN3O/c6-5-9-3-1-7-2-8-4(3)10-5/h1-2H. The van der Waals surface area contributed by atoms with Crippen LogP contribution in [0.15, 0.2) is 21.7 Å². The number of rotatable bonds is 0. The summed E-state index contributed by atoms with van der Waals surface area (Å²) in [6, 6.07) is 0. The van der Waals surface area contributed by atoms with Crippen molar-refractivity contribution in [1.29, 1.82) is 0 Å². The molecule has 0 saturated heterocycles. The van der Waals surface area contributed by atoms with E-state index in [-0.39, 0.29) is 0 Å². The van der Waals surface area contributed by atoms with Crippen LogP contribution in [0.5, 0.6) is 0 Å². The number of aromatic nitrogens is 3. The molecule has 0 fully saturated rings. The molecule has 0 radical (unpaired) electrons. The predicted molar refractivity (Wildman–Crippen MR) is 37.3 cm³/mol. The van der Waals surface area contributed by atoms with Gasteiger partial charge in [0.2, 0.25) is 0 Å². The maximum absolute atomic E-state index is 5.02. The number of hydrogen-bond donors (Lipinski definition) is 0. The first-order chi connectivity index (χ1) is 4.86. The van der Waals surface area contributed by atoms with Gasteiger partial charge in [0.25, 0.3) is 10.5 Å². The third-order valence-corrected chi connectivity index (χ3v) is 1.39. The van der Waals surface area contributed by atoms with Crippen molar-refractivity contribution in [3.05, 3.63) is 17.3 Å². The van der Waals surface area contributed by atoms with Crippen LogP contribution in [0.4, 0.5) is 0 Å². The lowest BCUT2D eigenvalue weighted by atomic mass is 10.6. The minimum atomic E-state index is 0.433. The van der Waals surface area contributed by atoms with E-state index in [1.54, 1.807) is 6.20 Å². The summed E-state index contributed by atoms with van der Waals surface area (Å²) in [5.74, 6) is 0. The zero-order valence-electron chi connectivity index (χ0n) is 4.78. The van der Waals surface area contributed by atoms with Crippen LogP contribution in [-0.4, -0.2) is 15.0 Å².